The van der Waals surface area contributed by atoms with Gasteiger partial charge >= 0.3 is 0 Å². The summed E-state index contributed by atoms with van der Waals surface area (Å²) in [4.78, 5) is 44.8. The second kappa shape index (κ2) is 13.9. The van der Waals surface area contributed by atoms with Crippen molar-refractivity contribution in [2.75, 3.05) is 10.6 Å². The smallest absolute Gasteiger partial charge is 0.272 e. The van der Waals surface area contributed by atoms with E-state index in [0.717, 1.165) is 21.7 Å². The highest BCUT2D eigenvalue weighted by Gasteiger charge is 2.23. The molecule has 1 atom stereocenters. The van der Waals surface area contributed by atoms with E-state index in [-0.39, 0.29) is 17.5 Å². The van der Waals surface area contributed by atoms with Gasteiger partial charge in [0.05, 0.1) is 5.69 Å². The van der Waals surface area contributed by atoms with Crippen molar-refractivity contribution in [1.82, 2.24) is 10.3 Å². The van der Waals surface area contributed by atoms with Crippen LogP contribution in [0.4, 0.5) is 10.8 Å². The maximum absolute atomic E-state index is 13.4. The predicted octanol–water partition coefficient (Wildman–Crippen LogP) is 7.39. The number of benzene rings is 3. The Morgan fingerprint density at radius 1 is 0.881 bits per heavy atom. The Labute approximate surface area is 255 Å². The molecule has 42 heavy (non-hydrogen) atoms. The van der Waals surface area contributed by atoms with Crippen LogP contribution in [0.15, 0.2) is 118 Å². The van der Waals surface area contributed by atoms with Crippen LogP contribution < -0.4 is 16.0 Å². The number of aryl methyl sites for hydroxylation is 1. The van der Waals surface area contributed by atoms with Crippen molar-refractivity contribution in [1.29, 1.82) is 0 Å². The zero-order chi connectivity index (χ0) is 29.3. The van der Waals surface area contributed by atoms with Crippen LogP contribution in [0.25, 0.3) is 6.08 Å². The first-order valence-electron chi connectivity index (χ1n) is 12.9. The van der Waals surface area contributed by atoms with Crippen LogP contribution in [0.1, 0.15) is 32.4 Å². The number of rotatable bonds is 10. The Bertz CT molecular complexity index is 1700. The normalized spacial score (nSPS) is 11.9. The van der Waals surface area contributed by atoms with Crippen LogP contribution in [0.5, 0.6) is 0 Å². The Hall–Kier alpha value is -4.51. The van der Waals surface area contributed by atoms with E-state index in [1.54, 1.807) is 42.5 Å². The summed E-state index contributed by atoms with van der Waals surface area (Å²) >= 11 is 4.24. The van der Waals surface area contributed by atoms with Crippen molar-refractivity contribution >= 4 is 69.1 Å². The van der Waals surface area contributed by atoms with Gasteiger partial charge in [0.2, 0.25) is 5.91 Å². The predicted molar refractivity (Wildman–Crippen MR) is 172 cm³/mol. The second-order valence-corrected chi connectivity index (χ2v) is 11.9. The fourth-order valence-electron chi connectivity index (χ4n) is 3.93. The lowest BCUT2D eigenvalue weighted by atomic mass is 10.1. The van der Waals surface area contributed by atoms with Crippen LogP contribution in [0.3, 0.4) is 0 Å². The van der Waals surface area contributed by atoms with Crippen LogP contribution in [-0.2, 0) is 9.59 Å². The van der Waals surface area contributed by atoms with Crippen molar-refractivity contribution in [2.24, 2.45) is 0 Å². The van der Waals surface area contributed by atoms with Crippen molar-refractivity contribution in [2.45, 2.75) is 17.1 Å². The number of nitrogens with zero attached hydrogens (tertiary/aromatic N) is 1. The molecule has 0 bridgehead atoms. The van der Waals surface area contributed by atoms with Crippen LogP contribution in [-0.4, -0.2) is 22.7 Å². The molecule has 0 fully saturated rings. The van der Waals surface area contributed by atoms with Gasteiger partial charge in [-0.05, 0) is 71.3 Å². The van der Waals surface area contributed by atoms with E-state index >= 15 is 0 Å². The molecule has 10 heteroatoms. The summed E-state index contributed by atoms with van der Waals surface area (Å²) in [6, 6.07) is 27.4. The third kappa shape index (κ3) is 7.82. The monoisotopic (exact) mass is 610 g/mol. The topological polar surface area (TPSA) is 100 Å². The molecule has 3 N–H and O–H groups in total. The number of thiazole rings is 1. The third-order valence-electron chi connectivity index (χ3n) is 5.92. The number of nitrogens with one attached hydrogen (secondary N) is 3. The van der Waals surface area contributed by atoms with Gasteiger partial charge in [-0.25, -0.2) is 4.98 Å². The summed E-state index contributed by atoms with van der Waals surface area (Å²) in [5, 5.41) is 14.2. The van der Waals surface area contributed by atoms with E-state index in [2.05, 4.69) is 20.9 Å². The average molecular weight is 611 g/mol. The first-order chi connectivity index (χ1) is 20.4. The van der Waals surface area contributed by atoms with Gasteiger partial charge in [0.15, 0.2) is 5.13 Å². The summed E-state index contributed by atoms with van der Waals surface area (Å²) in [7, 11) is 0. The molecule has 3 aromatic carbocycles. The highest BCUT2D eigenvalue weighted by atomic mass is 32.2. The van der Waals surface area contributed by atoms with Crippen molar-refractivity contribution in [3.63, 3.8) is 0 Å². The first kappa shape index (κ1) is 29.0. The lowest BCUT2D eigenvalue weighted by molar-refractivity contribution is -0.116. The number of thiophene rings is 1. The van der Waals surface area contributed by atoms with E-state index in [1.165, 1.54) is 34.4 Å². The summed E-state index contributed by atoms with van der Waals surface area (Å²) in [5.74, 6) is -1.05. The maximum atomic E-state index is 13.4. The minimum atomic E-state index is -0.555. The molecule has 0 spiro atoms. The Morgan fingerprint density at radius 2 is 1.64 bits per heavy atom. The van der Waals surface area contributed by atoms with Crippen LogP contribution >= 0.6 is 34.4 Å². The molecule has 2 heterocycles. The quantitative estimate of drug-likeness (QED) is 0.113. The number of amides is 3. The molecule has 0 aliphatic carbocycles. The second-order valence-electron chi connectivity index (χ2n) is 9.11. The highest BCUT2D eigenvalue weighted by molar-refractivity contribution is 8.00. The summed E-state index contributed by atoms with van der Waals surface area (Å²) in [6.45, 7) is 1.88. The number of thioether (sulfide) groups is 1. The minimum absolute atomic E-state index is 0.112. The fourth-order valence-corrected chi connectivity index (χ4v) is 6.32. The van der Waals surface area contributed by atoms with E-state index in [4.69, 9.17) is 0 Å². The first-order valence-corrected chi connectivity index (χ1v) is 15.6. The van der Waals surface area contributed by atoms with Gasteiger partial charge in [-0.15, -0.1) is 23.1 Å². The van der Waals surface area contributed by atoms with Crippen LogP contribution in [0, 0.1) is 6.92 Å². The lowest BCUT2D eigenvalue weighted by Crippen LogP contribution is -2.30. The SMILES string of the molecule is Cc1csc(NC(=O)C(Sc2cccc(NC(=O)/C(=C/c3ccsc3)NC(=O)c3ccccc3)c2)c2ccccc2)n1. The van der Waals surface area contributed by atoms with Crippen molar-refractivity contribution in [3.8, 4) is 0 Å². The molecule has 7 nitrogen and oxygen atoms in total. The molecule has 3 amide bonds. The number of carbonyl (C=O) groups is 3. The Kier molecular flexibility index (Phi) is 9.60. The van der Waals surface area contributed by atoms with E-state index in [1.807, 2.05) is 77.7 Å². The Morgan fingerprint density at radius 3 is 2.33 bits per heavy atom. The van der Waals surface area contributed by atoms with Crippen molar-refractivity contribution in [3.05, 3.63) is 135 Å². The highest BCUT2D eigenvalue weighted by Crippen LogP contribution is 2.37. The molecule has 0 aliphatic heterocycles. The molecule has 0 saturated carbocycles. The van der Waals surface area contributed by atoms with Crippen LogP contribution in [0.2, 0.25) is 0 Å². The third-order valence-corrected chi connectivity index (χ3v) is 8.74. The minimum Gasteiger partial charge on any atom is -0.321 e. The largest absolute Gasteiger partial charge is 0.321 e. The molecule has 0 saturated heterocycles. The summed E-state index contributed by atoms with van der Waals surface area (Å²) in [5.41, 5.74) is 3.56. The van der Waals surface area contributed by atoms with Gasteiger partial charge < -0.3 is 16.0 Å². The molecule has 2 aromatic heterocycles. The number of anilines is 2. The average Bonchev–Trinajstić information content (AvgIpc) is 3.68. The van der Waals surface area contributed by atoms with Crippen molar-refractivity contribution < 1.29 is 14.4 Å². The fraction of sp³-hybridized carbons (Fsp3) is 0.0625. The number of aromatic nitrogens is 1. The molecule has 5 rings (SSSR count). The summed E-state index contributed by atoms with van der Waals surface area (Å²) in [6.07, 6.45) is 1.64. The molecule has 5 aromatic rings. The van der Waals surface area contributed by atoms with Gasteiger partial charge in [-0.2, -0.15) is 11.3 Å². The van der Waals surface area contributed by atoms with E-state index < -0.39 is 11.2 Å². The van der Waals surface area contributed by atoms with Gasteiger partial charge in [-0.3, -0.25) is 14.4 Å². The number of hydrogen-bond donors (Lipinski definition) is 3. The van der Waals surface area contributed by atoms with Gasteiger partial charge in [0.1, 0.15) is 10.9 Å². The van der Waals surface area contributed by atoms with E-state index in [9.17, 15) is 14.4 Å². The zero-order valence-electron chi connectivity index (χ0n) is 22.4. The number of hydrogen-bond acceptors (Lipinski definition) is 7. The van der Waals surface area contributed by atoms with Gasteiger partial charge in [0, 0.05) is 21.5 Å². The van der Waals surface area contributed by atoms with E-state index in [0.29, 0.717) is 16.4 Å². The zero-order valence-corrected chi connectivity index (χ0v) is 24.9. The standard InChI is InChI=1S/C32H26N4O3S3/c1-21-19-41-32(33-21)36-31(39)28(23-9-4-2-5-10-23)42-26-14-8-13-25(18-26)34-30(38)27(17-22-15-16-40-20-22)35-29(37)24-11-6-3-7-12-24/h2-20,28H,1H3,(H,34,38)(H,35,37)(H,33,36,39)/b27-17-. The molecule has 1 unspecified atom stereocenters. The maximum Gasteiger partial charge on any atom is 0.272 e. The lowest BCUT2D eigenvalue weighted by Gasteiger charge is -2.17. The molecular formula is C32H26N4O3S3. The number of carbonyl (C=O) groups excluding carboxylic acids is 3. The molecular weight excluding hydrogens is 585 g/mol. The Balaban J connectivity index is 1.35. The molecule has 210 valence electrons. The molecule has 0 radical (unpaired) electrons. The molecule has 0 aliphatic rings. The van der Waals surface area contributed by atoms with Gasteiger partial charge in [0.25, 0.3) is 11.8 Å². The van der Waals surface area contributed by atoms with Gasteiger partial charge in [-0.1, -0.05) is 54.6 Å². The summed E-state index contributed by atoms with van der Waals surface area (Å²) < 4.78 is 0.